The largest absolute Gasteiger partial charge is 0.497 e. The van der Waals surface area contributed by atoms with Gasteiger partial charge in [0.2, 0.25) is 15.9 Å². The molecule has 1 aliphatic heterocycles. The van der Waals surface area contributed by atoms with Crippen molar-refractivity contribution in [3.63, 3.8) is 0 Å². The lowest BCUT2D eigenvalue weighted by atomic mass is 10.1. The molecule has 0 aliphatic carbocycles. The zero-order chi connectivity index (χ0) is 20.9. The van der Waals surface area contributed by atoms with E-state index in [-0.39, 0.29) is 17.2 Å². The van der Waals surface area contributed by atoms with Crippen molar-refractivity contribution in [2.24, 2.45) is 0 Å². The van der Waals surface area contributed by atoms with Gasteiger partial charge in [-0.1, -0.05) is 19.1 Å². The molecule has 156 valence electrons. The van der Waals surface area contributed by atoms with Crippen LogP contribution in [0.3, 0.4) is 0 Å². The summed E-state index contributed by atoms with van der Waals surface area (Å²) in [7, 11) is -1.93. The Morgan fingerprint density at radius 1 is 1.07 bits per heavy atom. The number of likely N-dealkylation sites (N-methyl/N-ethyl adjacent to an activating group) is 1. The molecule has 1 saturated heterocycles. The van der Waals surface area contributed by atoms with Crippen molar-refractivity contribution in [3.8, 4) is 5.75 Å². The van der Waals surface area contributed by atoms with Crippen LogP contribution in [0.15, 0.2) is 53.4 Å². The molecule has 2 aromatic carbocycles. The number of hydrogen-bond donors (Lipinski definition) is 1. The van der Waals surface area contributed by atoms with Gasteiger partial charge in [-0.3, -0.25) is 4.79 Å². The number of benzene rings is 2. The van der Waals surface area contributed by atoms with E-state index in [1.807, 2.05) is 24.3 Å². The van der Waals surface area contributed by atoms with Crippen LogP contribution < -0.4 is 10.1 Å². The SMILES string of the molecule is CCN1CCN(S(=O)(=O)c2ccc(NC(=O)Cc3cccc(OC)c3)cc2)CC1. The Labute approximate surface area is 172 Å². The number of sulfonamides is 1. The Kier molecular flexibility index (Phi) is 6.89. The van der Waals surface area contributed by atoms with E-state index in [1.165, 1.54) is 4.31 Å². The number of nitrogens with zero attached hydrogens (tertiary/aromatic N) is 2. The van der Waals surface area contributed by atoms with Crippen molar-refractivity contribution in [2.45, 2.75) is 18.2 Å². The number of piperazine rings is 1. The molecule has 0 unspecified atom stereocenters. The number of rotatable bonds is 7. The van der Waals surface area contributed by atoms with Crippen molar-refractivity contribution in [2.75, 3.05) is 45.2 Å². The van der Waals surface area contributed by atoms with E-state index in [4.69, 9.17) is 4.74 Å². The average molecular weight is 418 g/mol. The molecule has 29 heavy (non-hydrogen) atoms. The highest BCUT2D eigenvalue weighted by atomic mass is 32.2. The zero-order valence-corrected chi connectivity index (χ0v) is 17.6. The first-order valence-corrected chi connectivity index (χ1v) is 11.1. The fraction of sp³-hybridized carbons (Fsp3) is 0.381. The first-order chi connectivity index (χ1) is 13.9. The maximum absolute atomic E-state index is 12.8. The van der Waals surface area contributed by atoms with Gasteiger partial charge in [0.05, 0.1) is 18.4 Å². The first kappa shape index (κ1) is 21.3. The van der Waals surface area contributed by atoms with Gasteiger partial charge < -0.3 is 15.0 Å². The summed E-state index contributed by atoms with van der Waals surface area (Å²) in [6, 6.07) is 13.7. The van der Waals surface area contributed by atoms with E-state index in [0.717, 1.165) is 25.2 Å². The molecule has 7 nitrogen and oxygen atoms in total. The Hall–Kier alpha value is -2.42. The average Bonchev–Trinajstić information content (AvgIpc) is 2.74. The van der Waals surface area contributed by atoms with Gasteiger partial charge in [-0.25, -0.2) is 8.42 Å². The standard InChI is InChI=1S/C21H27N3O4S/c1-3-23-11-13-24(14-12-23)29(26,27)20-9-7-18(8-10-20)22-21(25)16-17-5-4-6-19(15-17)28-2/h4-10,15H,3,11-14,16H2,1-2H3,(H,22,25). The molecular formula is C21H27N3O4S. The van der Waals surface area contributed by atoms with Gasteiger partial charge in [-0.05, 0) is 48.5 Å². The number of methoxy groups -OCH3 is 1. The highest BCUT2D eigenvalue weighted by Crippen LogP contribution is 2.20. The van der Waals surface area contributed by atoms with E-state index < -0.39 is 10.0 Å². The number of hydrogen-bond acceptors (Lipinski definition) is 5. The molecule has 0 atom stereocenters. The van der Waals surface area contributed by atoms with Crippen molar-refractivity contribution >= 4 is 21.6 Å². The third kappa shape index (κ3) is 5.35. The summed E-state index contributed by atoms with van der Waals surface area (Å²) >= 11 is 0. The summed E-state index contributed by atoms with van der Waals surface area (Å²) in [4.78, 5) is 14.8. The summed E-state index contributed by atoms with van der Waals surface area (Å²) in [6.07, 6.45) is 0.207. The minimum Gasteiger partial charge on any atom is -0.497 e. The van der Waals surface area contributed by atoms with Crippen LogP contribution in [0.1, 0.15) is 12.5 Å². The fourth-order valence-corrected chi connectivity index (χ4v) is 4.74. The molecule has 1 fully saturated rings. The summed E-state index contributed by atoms with van der Waals surface area (Å²) in [6.45, 7) is 5.48. The number of amides is 1. The summed E-state index contributed by atoms with van der Waals surface area (Å²) in [5.74, 6) is 0.522. The van der Waals surface area contributed by atoms with Crippen LogP contribution in [-0.2, 0) is 21.2 Å². The molecule has 0 bridgehead atoms. The second-order valence-electron chi connectivity index (χ2n) is 6.94. The van der Waals surface area contributed by atoms with Crippen molar-refractivity contribution in [1.29, 1.82) is 0 Å². The highest BCUT2D eigenvalue weighted by Gasteiger charge is 2.27. The normalized spacial score (nSPS) is 15.8. The van der Waals surface area contributed by atoms with Crippen LogP contribution >= 0.6 is 0 Å². The van der Waals surface area contributed by atoms with E-state index in [0.29, 0.717) is 24.5 Å². The second-order valence-corrected chi connectivity index (χ2v) is 8.88. The number of ether oxygens (including phenoxy) is 1. The Morgan fingerprint density at radius 2 is 1.76 bits per heavy atom. The van der Waals surface area contributed by atoms with Crippen molar-refractivity contribution in [1.82, 2.24) is 9.21 Å². The molecule has 0 saturated carbocycles. The predicted octanol–water partition coefficient (Wildman–Crippen LogP) is 2.20. The predicted molar refractivity (Wildman–Crippen MR) is 113 cm³/mol. The third-order valence-electron chi connectivity index (χ3n) is 5.05. The molecule has 0 aromatic heterocycles. The highest BCUT2D eigenvalue weighted by molar-refractivity contribution is 7.89. The smallest absolute Gasteiger partial charge is 0.243 e. The second kappa shape index (κ2) is 9.39. The molecule has 2 aromatic rings. The molecule has 1 aliphatic rings. The van der Waals surface area contributed by atoms with Crippen LogP contribution in [0.4, 0.5) is 5.69 Å². The van der Waals surface area contributed by atoms with Crippen LogP contribution in [0.25, 0.3) is 0 Å². The topological polar surface area (TPSA) is 79.0 Å². The molecule has 8 heteroatoms. The zero-order valence-electron chi connectivity index (χ0n) is 16.8. The Bertz CT molecular complexity index is 937. The van der Waals surface area contributed by atoms with Crippen LogP contribution in [0.2, 0.25) is 0 Å². The molecule has 1 heterocycles. The van der Waals surface area contributed by atoms with Gasteiger partial charge in [0, 0.05) is 31.9 Å². The monoisotopic (exact) mass is 417 g/mol. The fourth-order valence-electron chi connectivity index (χ4n) is 3.32. The lowest BCUT2D eigenvalue weighted by Gasteiger charge is -2.33. The number of anilines is 1. The van der Waals surface area contributed by atoms with Gasteiger partial charge in [0.1, 0.15) is 5.75 Å². The van der Waals surface area contributed by atoms with E-state index in [9.17, 15) is 13.2 Å². The number of carbonyl (C=O) groups is 1. The van der Waals surface area contributed by atoms with E-state index in [1.54, 1.807) is 31.4 Å². The lowest BCUT2D eigenvalue weighted by molar-refractivity contribution is -0.115. The minimum atomic E-state index is -3.52. The quantitative estimate of drug-likeness (QED) is 0.747. The number of nitrogens with one attached hydrogen (secondary N) is 1. The van der Waals surface area contributed by atoms with Gasteiger partial charge in [0.15, 0.2) is 0 Å². The molecule has 3 rings (SSSR count). The summed E-state index contributed by atoms with van der Waals surface area (Å²) < 4.78 is 32.3. The molecule has 1 N–H and O–H groups in total. The Morgan fingerprint density at radius 3 is 2.38 bits per heavy atom. The van der Waals surface area contributed by atoms with Gasteiger partial charge >= 0.3 is 0 Å². The third-order valence-corrected chi connectivity index (χ3v) is 6.97. The maximum atomic E-state index is 12.8. The van der Waals surface area contributed by atoms with Gasteiger partial charge in [-0.2, -0.15) is 4.31 Å². The summed E-state index contributed by atoms with van der Waals surface area (Å²) in [5, 5.41) is 2.80. The van der Waals surface area contributed by atoms with Gasteiger partial charge in [-0.15, -0.1) is 0 Å². The first-order valence-electron chi connectivity index (χ1n) is 9.67. The molecular weight excluding hydrogens is 390 g/mol. The molecule has 0 radical (unpaired) electrons. The van der Waals surface area contributed by atoms with Crippen LogP contribution in [-0.4, -0.2) is 63.4 Å². The van der Waals surface area contributed by atoms with Crippen molar-refractivity contribution in [3.05, 3.63) is 54.1 Å². The molecule has 1 amide bonds. The van der Waals surface area contributed by atoms with Gasteiger partial charge in [0.25, 0.3) is 0 Å². The maximum Gasteiger partial charge on any atom is 0.243 e. The lowest BCUT2D eigenvalue weighted by Crippen LogP contribution is -2.48. The number of carbonyl (C=O) groups excluding carboxylic acids is 1. The Balaban J connectivity index is 1.61. The van der Waals surface area contributed by atoms with E-state index in [2.05, 4.69) is 17.1 Å². The van der Waals surface area contributed by atoms with E-state index >= 15 is 0 Å². The van der Waals surface area contributed by atoms with Crippen LogP contribution in [0, 0.1) is 0 Å². The van der Waals surface area contributed by atoms with Crippen molar-refractivity contribution < 1.29 is 17.9 Å². The minimum absolute atomic E-state index is 0.176. The molecule has 0 spiro atoms. The van der Waals surface area contributed by atoms with Crippen LogP contribution in [0.5, 0.6) is 5.75 Å². The summed E-state index contributed by atoms with van der Waals surface area (Å²) in [5.41, 5.74) is 1.40.